The van der Waals surface area contributed by atoms with Crippen molar-refractivity contribution in [3.63, 3.8) is 0 Å². The Balaban J connectivity index is 2.39. The number of nitro benzene ring substituents is 1. The zero-order valence-corrected chi connectivity index (χ0v) is 10.1. The number of halogens is 1. The summed E-state index contributed by atoms with van der Waals surface area (Å²) in [5.41, 5.74) is 0.284. The van der Waals surface area contributed by atoms with Crippen molar-refractivity contribution in [3.05, 3.63) is 34.1 Å². The predicted octanol–water partition coefficient (Wildman–Crippen LogP) is 2.35. The molecule has 1 unspecified atom stereocenters. The first kappa shape index (κ1) is 12.8. The van der Waals surface area contributed by atoms with Crippen LogP contribution in [0.1, 0.15) is 13.3 Å². The van der Waals surface area contributed by atoms with Gasteiger partial charge >= 0.3 is 0 Å². The minimum Gasteiger partial charge on any atom is -0.377 e. The Bertz CT molecular complexity index is 453. The number of ether oxygens (including phenoxy) is 1. The van der Waals surface area contributed by atoms with E-state index in [-0.39, 0.29) is 11.7 Å². The highest BCUT2D eigenvalue weighted by molar-refractivity contribution is 5.64. The first-order valence-electron chi connectivity index (χ1n) is 5.91. The quantitative estimate of drug-likeness (QED) is 0.613. The molecule has 0 amide bonds. The molecule has 1 aromatic carbocycles. The molecule has 1 atom stereocenters. The van der Waals surface area contributed by atoms with Gasteiger partial charge in [0.1, 0.15) is 11.5 Å². The van der Waals surface area contributed by atoms with Crippen LogP contribution in [0, 0.1) is 15.9 Å². The van der Waals surface area contributed by atoms with Crippen LogP contribution in [0.25, 0.3) is 0 Å². The van der Waals surface area contributed by atoms with Gasteiger partial charge in [0.2, 0.25) is 0 Å². The predicted molar refractivity (Wildman–Crippen MR) is 65.3 cm³/mol. The van der Waals surface area contributed by atoms with E-state index in [9.17, 15) is 14.5 Å². The van der Waals surface area contributed by atoms with Crippen LogP contribution in [0.2, 0.25) is 0 Å². The summed E-state index contributed by atoms with van der Waals surface area (Å²) in [7, 11) is 0. The third-order valence-corrected chi connectivity index (χ3v) is 3.14. The molecule has 0 aliphatic carbocycles. The van der Waals surface area contributed by atoms with Crippen molar-refractivity contribution in [2.45, 2.75) is 19.4 Å². The second kappa shape index (κ2) is 5.30. The number of nitro groups is 1. The number of benzene rings is 1. The third-order valence-electron chi connectivity index (χ3n) is 3.14. The fourth-order valence-corrected chi connectivity index (χ4v) is 2.20. The molecular formula is C12H15FN2O3. The summed E-state index contributed by atoms with van der Waals surface area (Å²) >= 11 is 0. The second-order valence-corrected chi connectivity index (χ2v) is 4.22. The summed E-state index contributed by atoms with van der Waals surface area (Å²) in [5, 5.41) is 11.0. The lowest BCUT2D eigenvalue weighted by Crippen LogP contribution is -2.45. The highest BCUT2D eigenvalue weighted by atomic mass is 19.1. The third kappa shape index (κ3) is 2.43. The number of hydrogen-bond donors (Lipinski definition) is 0. The Labute approximate surface area is 104 Å². The molecule has 98 valence electrons. The summed E-state index contributed by atoms with van der Waals surface area (Å²) in [6, 6.07) is 3.80. The summed E-state index contributed by atoms with van der Waals surface area (Å²) < 4.78 is 18.5. The molecule has 1 saturated heterocycles. The van der Waals surface area contributed by atoms with Gasteiger partial charge in [-0.2, -0.15) is 0 Å². The van der Waals surface area contributed by atoms with Crippen molar-refractivity contribution in [1.82, 2.24) is 0 Å². The maximum absolute atomic E-state index is 13.1. The van der Waals surface area contributed by atoms with E-state index in [0.717, 1.165) is 12.5 Å². The van der Waals surface area contributed by atoms with E-state index in [1.54, 1.807) is 0 Å². The molecule has 5 nitrogen and oxygen atoms in total. The van der Waals surface area contributed by atoms with Crippen molar-refractivity contribution < 1.29 is 14.1 Å². The molecule has 18 heavy (non-hydrogen) atoms. The lowest BCUT2D eigenvalue weighted by atomic mass is 10.1. The minimum atomic E-state index is -0.591. The molecule has 0 saturated carbocycles. The zero-order valence-electron chi connectivity index (χ0n) is 10.1. The smallest absolute Gasteiger partial charge is 0.295 e. The van der Waals surface area contributed by atoms with Crippen LogP contribution >= 0.6 is 0 Å². The maximum atomic E-state index is 13.1. The van der Waals surface area contributed by atoms with E-state index in [2.05, 4.69) is 0 Å². The summed E-state index contributed by atoms with van der Waals surface area (Å²) in [5.74, 6) is -0.591. The topological polar surface area (TPSA) is 55.6 Å². The van der Waals surface area contributed by atoms with Crippen LogP contribution in [0.15, 0.2) is 18.2 Å². The average Bonchev–Trinajstić information content (AvgIpc) is 2.38. The van der Waals surface area contributed by atoms with E-state index >= 15 is 0 Å². The standard InChI is InChI=1S/C12H15FN2O3/c1-2-10-8-18-6-5-14(10)11-4-3-9(13)7-12(11)15(16)17/h3-4,7,10H,2,5-6,8H2,1H3. The van der Waals surface area contributed by atoms with Crippen molar-refractivity contribution in [2.75, 3.05) is 24.7 Å². The Hall–Kier alpha value is -1.69. The van der Waals surface area contributed by atoms with E-state index in [0.29, 0.717) is 25.4 Å². The summed E-state index contributed by atoms with van der Waals surface area (Å²) in [6.07, 6.45) is 0.828. The summed E-state index contributed by atoms with van der Waals surface area (Å²) in [4.78, 5) is 12.4. The molecular weight excluding hydrogens is 239 g/mol. The molecule has 0 aromatic heterocycles. The van der Waals surface area contributed by atoms with Crippen molar-refractivity contribution in [1.29, 1.82) is 0 Å². The highest BCUT2D eigenvalue weighted by Gasteiger charge is 2.27. The summed E-state index contributed by atoms with van der Waals surface area (Å²) in [6.45, 7) is 3.67. The van der Waals surface area contributed by atoms with E-state index in [1.165, 1.54) is 12.1 Å². The maximum Gasteiger partial charge on any atom is 0.295 e. The van der Waals surface area contributed by atoms with Crippen LogP contribution in [0.4, 0.5) is 15.8 Å². The number of morpholine rings is 1. The SMILES string of the molecule is CCC1COCCN1c1ccc(F)cc1[N+](=O)[O-]. The van der Waals surface area contributed by atoms with Gasteiger partial charge in [0.05, 0.1) is 30.2 Å². The van der Waals surface area contributed by atoms with Gasteiger partial charge in [0.25, 0.3) is 5.69 Å². The molecule has 6 heteroatoms. The average molecular weight is 254 g/mol. The van der Waals surface area contributed by atoms with Gasteiger partial charge in [-0.3, -0.25) is 10.1 Å². The number of anilines is 1. The van der Waals surface area contributed by atoms with E-state index in [4.69, 9.17) is 4.74 Å². The molecule has 0 radical (unpaired) electrons. The van der Waals surface area contributed by atoms with Crippen LogP contribution in [0.5, 0.6) is 0 Å². The minimum absolute atomic E-state index is 0.0999. The van der Waals surface area contributed by atoms with Gasteiger partial charge in [-0.05, 0) is 18.6 Å². The largest absolute Gasteiger partial charge is 0.377 e. The first-order valence-corrected chi connectivity index (χ1v) is 5.91. The zero-order chi connectivity index (χ0) is 13.1. The van der Waals surface area contributed by atoms with Crippen molar-refractivity contribution in [3.8, 4) is 0 Å². The van der Waals surface area contributed by atoms with Gasteiger partial charge in [0, 0.05) is 6.54 Å². The fourth-order valence-electron chi connectivity index (χ4n) is 2.20. The van der Waals surface area contributed by atoms with Gasteiger partial charge in [-0.1, -0.05) is 6.92 Å². The van der Waals surface area contributed by atoms with Crippen LogP contribution in [-0.2, 0) is 4.74 Å². The molecule has 0 N–H and O–H groups in total. The van der Waals surface area contributed by atoms with Crippen molar-refractivity contribution in [2.24, 2.45) is 0 Å². The number of nitrogens with zero attached hydrogens (tertiary/aromatic N) is 2. The lowest BCUT2D eigenvalue weighted by Gasteiger charge is -2.36. The van der Waals surface area contributed by atoms with Crippen molar-refractivity contribution >= 4 is 11.4 Å². The molecule has 1 aliphatic heterocycles. The van der Waals surface area contributed by atoms with Crippen LogP contribution < -0.4 is 4.90 Å². The Kier molecular flexibility index (Phi) is 3.76. The first-order chi connectivity index (χ1) is 8.63. The molecule has 0 spiro atoms. The van der Waals surface area contributed by atoms with Gasteiger partial charge < -0.3 is 9.64 Å². The Morgan fingerprint density at radius 3 is 3.06 bits per heavy atom. The molecule has 1 aromatic rings. The molecule has 1 aliphatic rings. The monoisotopic (exact) mass is 254 g/mol. The van der Waals surface area contributed by atoms with Crippen LogP contribution in [0.3, 0.4) is 0 Å². The van der Waals surface area contributed by atoms with Gasteiger partial charge in [-0.15, -0.1) is 0 Å². The van der Waals surface area contributed by atoms with Gasteiger partial charge in [0.15, 0.2) is 0 Å². The normalized spacial score (nSPS) is 19.9. The number of hydrogen-bond acceptors (Lipinski definition) is 4. The Morgan fingerprint density at radius 1 is 1.61 bits per heavy atom. The molecule has 2 rings (SSSR count). The van der Waals surface area contributed by atoms with E-state index in [1.807, 2.05) is 11.8 Å². The molecule has 1 fully saturated rings. The molecule has 1 heterocycles. The van der Waals surface area contributed by atoms with E-state index < -0.39 is 10.7 Å². The highest BCUT2D eigenvalue weighted by Crippen LogP contribution is 2.31. The second-order valence-electron chi connectivity index (χ2n) is 4.22. The Morgan fingerprint density at radius 2 is 2.39 bits per heavy atom. The molecule has 0 bridgehead atoms. The van der Waals surface area contributed by atoms with Gasteiger partial charge in [-0.25, -0.2) is 4.39 Å². The fraction of sp³-hybridized carbons (Fsp3) is 0.500. The van der Waals surface area contributed by atoms with Crippen LogP contribution in [-0.4, -0.2) is 30.7 Å². The lowest BCUT2D eigenvalue weighted by molar-refractivity contribution is -0.384. The number of rotatable bonds is 3.